The molecule has 1 N–H and O–H groups in total. The number of piperidine rings is 1. The Balaban J connectivity index is 1.59. The molecule has 3 heterocycles. The summed E-state index contributed by atoms with van der Waals surface area (Å²) < 4.78 is 25.5. The van der Waals surface area contributed by atoms with Gasteiger partial charge in [-0.25, -0.2) is 9.18 Å². The van der Waals surface area contributed by atoms with Crippen molar-refractivity contribution in [2.75, 3.05) is 26.3 Å². The molecule has 2 saturated heterocycles. The predicted octanol–water partition coefficient (Wildman–Crippen LogP) is 1.86. The normalized spacial score (nSPS) is 18.8. The average molecular weight is 373 g/mol. The molecule has 2 aromatic rings. The van der Waals surface area contributed by atoms with E-state index in [1.807, 2.05) is 6.92 Å². The minimum atomic E-state index is -0.687. The van der Waals surface area contributed by atoms with Crippen molar-refractivity contribution in [3.63, 3.8) is 0 Å². The molecule has 1 spiro atoms. The number of hydrogen-bond acceptors (Lipinski definition) is 5. The van der Waals surface area contributed by atoms with Crippen LogP contribution in [-0.2, 0) is 9.47 Å². The number of carbonyl (C=O) groups is 1. The van der Waals surface area contributed by atoms with Gasteiger partial charge in [0.05, 0.1) is 18.9 Å². The van der Waals surface area contributed by atoms with Crippen LogP contribution < -0.4 is 5.69 Å². The number of ether oxygens (including phenoxy) is 2. The van der Waals surface area contributed by atoms with Crippen molar-refractivity contribution < 1.29 is 18.7 Å². The topological polar surface area (TPSA) is 84.5 Å². The number of aryl methyl sites for hydroxylation is 1. The van der Waals surface area contributed by atoms with Gasteiger partial charge in [0.25, 0.3) is 5.91 Å². The predicted molar refractivity (Wildman–Crippen MR) is 94.8 cm³/mol. The van der Waals surface area contributed by atoms with Gasteiger partial charge < -0.3 is 19.4 Å². The second-order valence-corrected chi connectivity index (χ2v) is 6.87. The second-order valence-electron chi connectivity index (χ2n) is 6.87. The van der Waals surface area contributed by atoms with Crippen molar-refractivity contribution in [1.29, 1.82) is 0 Å². The number of benzene rings is 1. The molecule has 1 aromatic heterocycles. The Morgan fingerprint density at radius 1 is 1.22 bits per heavy atom. The van der Waals surface area contributed by atoms with E-state index in [1.165, 1.54) is 12.1 Å². The Morgan fingerprint density at radius 2 is 1.93 bits per heavy atom. The van der Waals surface area contributed by atoms with Gasteiger partial charge in [0.15, 0.2) is 5.79 Å². The van der Waals surface area contributed by atoms with Gasteiger partial charge in [-0.2, -0.15) is 4.98 Å². The molecule has 2 aliphatic rings. The highest BCUT2D eigenvalue weighted by Gasteiger charge is 2.41. The van der Waals surface area contributed by atoms with Gasteiger partial charge in [0.1, 0.15) is 11.5 Å². The van der Waals surface area contributed by atoms with Crippen LogP contribution in [0.25, 0.3) is 11.3 Å². The molecule has 0 aliphatic carbocycles. The van der Waals surface area contributed by atoms with E-state index in [1.54, 1.807) is 17.0 Å². The van der Waals surface area contributed by atoms with Crippen molar-refractivity contribution in [3.8, 4) is 11.3 Å². The summed E-state index contributed by atoms with van der Waals surface area (Å²) in [5, 5.41) is 0. The largest absolute Gasteiger partial charge is 0.347 e. The summed E-state index contributed by atoms with van der Waals surface area (Å²) in [6, 6.07) is 5.98. The third-order valence-electron chi connectivity index (χ3n) is 5.00. The number of amides is 1. The molecule has 0 radical (unpaired) electrons. The molecule has 0 atom stereocenters. The van der Waals surface area contributed by atoms with Gasteiger partial charge in [0.2, 0.25) is 0 Å². The van der Waals surface area contributed by atoms with E-state index in [2.05, 4.69) is 9.97 Å². The Hall–Kier alpha value is -2.58. The molecule has 2 aliphatic heterocycles. The summed E-state index contributed by atoms with van der Waals surface area (Å²) in [5.41, 5.74) is 0.571. The molecule has 8 heteroatoms. The molecule has 1 aromatic carbocycles. The highest BCUT2D eigenvalue weighted by Crippen LogP contribution is 2.31. The van der Waals surface area contributed by atoms with Crippen LogP contribution in [0.1, 0.15) is 28.9 Å². The zero-order valence-corrected chi connectivity index (χ0v) is 15.0. The lowest BCUT2D eigenvalue weighted by molar-refractivity contribution is -0.181. The Bertz CT molecular complexity index is 927. The van der Waals surface area contributed by atoms with Crippen LogP contribution in [0.4, 0.5) is 4.39 Å². The van der Waals surface area contributed by atoms with Crippen LogP contribution >= 0.6 is 0 Å². The van der Waals surface area contributed by atoms with Crippen molar-refractivity contribution in [2.45, 2.75) is 25.6 Å². The smallest absolute Gasteiger partial charge is 0.346 e. The number of H-pyrrole nitrogens is 1. The summed E-state index contributed by atoms with van der Waals surface area (Å²) in [6.45, 7) is 3.86. The van der Waals surface area contributed by atoms with Crippen LogP contribution in [0, 0.1) is 12.7 Å². The first-order valence-electron chi connectivity index (χ1n) is 8.91. The minimum Gasteiger partial charge on any atom is -0.347 e. The van der Waals surface area contributed by atoms with E-state index >= 15 is 0 Å². The standard InChI is InChI=1S/C19H20FN3O4/c1-12-2-3-14(20)13(10-12)15-11-16(22-18(25)21-15)17(24)23-6-4-19(5-7-23)26-8-9-27-19/h2-3,10-11H,4-9H2,1H3,(H,21,22,25). The lowest BCUT2D eigenvalue weighted by Crippen LogP contribution is -2.47. The quantitative estimate of drug-likeness (QED) is 0.869. The number of carbonyl (C=O) groups excluding carboxylic acids is 1. The van der Waals surface area contributed by atoms with Crippen LogP contribution in [0.15, 0.2) is 29.1 Å². The van der Waals surface area contributed by atoms with Crippen LogP contribution in [0.3, 0.4) is 0 Å². The summed E-state index contributed by atoms with van der Waals surface area (Å²) in [7, 11) is 0. The monoisotopic (exact) mass is 373 g/mol. The molecule has 0 unspecified atom stereocenters. The number of hydrogen-bond donors (Lipinski definition) is 1. The lowest BCUT2D eigenvalue weighted by atomic mass is 10.0. The van der Waals surface area contributed by atoms with Gasteiger partial charge in [0, 0.05) is 31.5 Å². The molecule has 2 fully saturated rings. The SMILES string of the molecule is Cc1ccc(F)c(-c2cc(C(=O)N3CCC4(CC3)OCCO4)[nH]c(=O)n2)c1. The number of nitrogens with one attached hydrogen (secondary N) is 1. The zero-order valence-electron chi connectivity index (χ0n) is 15.0. The van der Waals surface area contributed by atoms with E-state index in [0.717, 1.165) is 5.56 Å². The van der Waals surface area contributed by atoms with E-state index in [0.29, 0.717) is 39.1 Å². The molecular formula is C19H20FN3O4. The lowest BCUT2D eigenvalue weighted by Gasteiger charge is -2.37. The summed E-state index contributed by atoms with van der Waals surface area (Å²) in [6.07, 6.45) is 1.15. The van der Waals surface area contributed by atoms with Crippen molar-refractivity contribution >= 4 is 5.91 Å². The highest BCUT2D eigenvalue weighted by atomic mass is 19.1. The third kappa shape index (κ3) is 3.50. The fourth-order valence-corrected chi connectivity index (χ4v) is 3.55. The molecule has 142 valence electrons. The highest BCUT2D eigenvalue weighted by molar-refractivity contribution is 5.93. The van der Waals surface area contributed by atoms with Crippen molar-refractivity contribution in [3.05, 3.63) is 51.8 Å². The van der Waals surface area contributed by atoms with E-state index in [4.69, 9.17) is 9.47 Å². The maximum absolute atomic E-state index is 14.2. The van der Waals surface area contributed by atoms with Crippen molar-refractivity contribution in [1.82, 2.24) is 14.9 Å². The molecule has 27 heavy (non-hydrogen) atoms. The number of halogens is 1. The average Bonchev–Trinajstić information content (AvgIpc) is 3.11. The van der Waals surface area contributed by atoms with Crippen LogP contribution in [0.5, 0.6) is 0 Å². The van der Waals surface area contributed by atoms with Gasteiger partial charge in [-0.15, -0.1) is 0 Å². The van der Waals surface area contributed by atoms with Gasteiger partial charge in [-0.05, 0) is 25.1 Å². The van der Waals surface area contributed by atoms with Crippen LogP contribution in [-0.4, -0.2) is 52.9 Å². The maximum atomic E-state index is 14.2. The zero-order chi connectivity index (χ0) is 19.0. The molecule has 1 amide bonds. The second kappa shape index (κ2) is 6.86. The minimum absolute atomic E-state index is 0.0927. The first kappa shape index (κ1) is 17.8. The number of aromatic nitrogens is 2. The third-order valence-corrected chi connectivity index (χ3v) is 5.00. The first-order valence-corrected chi connectivity index (χ1v) is 8.91. The fraction of sp³-hybridized carbons (Fsp3) is 0.421. The summed E-state index contributed by atoms with van der Waals surface area (Å²) in [4.78, 5) is 32.7. The first-order chi connectivity index (χ1) is 13.0. The fourth-order valence-electron chi connectivity index (χ4n) is 3.55. The molecule has 4 rings (SSSR count). The molecule has 0 saturated carbocycles. The number of nitrogens with zero attached hydrogens (tertiary/aromatic N) is 2. The molecule has 0 bridgehead atoms. The molecule has 7 nitrogen and oxygen atoms in total. The Kier molecular flexibility index (Phi) is 4.53. The number of aromatic amines is 1. The summed E-state index contributed by atoms with van der Waals surface area (Å²) >= 11 is 0. The Morgan fingerprint density at radius 3 is 2.63 bits per heavy atom. The van der Waals surface area contributed by atoms with Gasteiger partial charge >= 0.3 is 5.69 Å². The number of rotatable bonds is 2. The van der Waals surface area contributed by atoms with Crippen LogP contribution in [0.2, 0.25) is 0 Å². The van der Waals surface area contributed by atoms with E-state index < -0.39 is 17.3 Å². The Labute approximate surface area is 155 Å². The molecular weight excluding hydrogens is 353 g/mol. The van der Waals surface area contributed by atoms with E-state index in [-0.39, 0.29) is 22.9 Å². The van der Waals surface area contributed by atoms with Gasteiger partial charge in [-0.1, -0.05) is 11.6 Å². The maximum Gasteiger partial charge on any atom is 0.346 e. The summed E-state index contributed by atoms with van der Waals surface area (Å²) in [5.74, 6) is -1.40. The van der Waals surface area contributed by atoms with E-state index in [9.17, 15) is 14.0 Å². The number of likely N-dealkylation sites (tertiary alicyclic amines) is 1. The van der Waals surface area contributed by atoms with Crippen molar-refractivity contribution in [2.24, 2.45) is 0 Å². The van der Waals surface area contributed by atoms with Gasteiger partial charge in [-0.3, -0.25) is 4.79 Å².